The highest BCUT2D eigenvalue weighted by atomic mass is 16.3. The van der Waals surface area contributed by atoms with E-state index in [-0.39, 0.29) is 0 Å². The summed E-state index contributed by atoms with van der Waals surface area (Å²) in [6, 6.07) is 87.8. The Labute approximate surface area is 402 Å². The molecule has 15 rings (SSSR count). The van der Waals surface area contributed by atoms with E-state index in [1.54, 1.807) is 0 Å². The van der Waals surface area contributed by atoms with Crippen LogP contribution in [0.2, 0.25) is 0 Å². The van der Waals surface area contributed by atoms with Crippen LogP contribution >= 0.6 is 0 Å². The fourth-order valence-corrected chi connectivity index (χ4v) is 11.2. The van der Waals surface area contributed by atoms with E-state index in [1.165, 1.54) is 88.1 Å². The van der Waals surface area contributed by atoms with E-state index < -0.39 is 0 Å². The second-order valence-electron chi connectivity index (χ2n) is 18.5. The summed E-state index contributed by atoms with van der Waals surface area (Å²) in [7, 11) is 0. The van der Waals surface area contributed by atoms with E-state index in [4.69, 9.17) is 8.83 Å². The molecule has 326 valence electrons. The second-order valence-corrected chi connectivity index (χ2v) is 18.5. The maximum atomic E-state index is 6.15. The highest BCUT2D eigenvalue weighted by molar-refractivity contribution is 6.13. The Bertz CT molecular complexity index is 4320. The van der Waals surface area contributed by atoms with Gasteiger partial charge < -0.3 is 18.0 Å². The third kappa shape index (κ3) is 5.97. The number of hydrogen-bond donors (Lipinski definition) is 0. The molecule has 0 amide bonds. The molecular weight excluding hydrogens is 853 g/mol. The third-order valence-electron chi connectivity index (χ3n) is 14.5. The zero-order valence-corrected chi connectivity index (χ0v) is 37.8. The van der Waals surface area contributed by atoms with Crippen molar-refractivity contribution in [1.82, 2.24) is 9.13 Å². The van der Waals surface area contributed by atoms with Crippen LogP contribution in [0, 0.1) is 0 Å². The first kappa shape index (κ1) is 38.7. The van der Waals surface area contributed by atoms with E-state index >= 15 is 0 Å². The molecule has 0 aliphatic carbocycles. The average Bonchev–Trinajstić information content (AvgIpc) is 4.18. The highest BCUT2D eigenvalue weighted by Gasteiger charge is 2.18. The molecule has 0 N–H and O–H groups in total. The topological polar surface area (TPSA) is 36.1 Å². The summed E-state index contributed by atoms with van der Waals surface area (Å²) in [4.78, 5) is 0. The van der Waals surface area contributed by atoms with Crippen LogP contribution in [0.25, 0.3) is 143 Å². The van der Waals surface area contributed by atoms with Gasteiger partial charge in [0.2, 0.25) is 0 Å². The maximum Gasteiger partial charge on any atom is 0.135 e. The maximum absolute atomic E-state index is 6.15. The van der Waals surface area contributed by atoms with Crippen LogP contribution in [0.3, 0.4) is 0 Å². The van der Waals surface area contributed by atoms with Crippen LogP contribution in [-0.2, 0) is 0 Å². The van der Waals surface area contributed by atoms with E-state index in [0.717, 1.165) is 55.3 Å². The standard InChI is InChI=1S/C66H40N2O2/c1-5-22-59-51(18-1)55-36-45(41-12-9-14-43(34-41)47-28-32-65-57(38-47)53-20-3-7-24-63(53)69-65)26-30-61(55)67(59)49-16-11-17-50(40-49)68-60-23-6-2-19-52(60)56-37-46(27-31-62(56)68)42-13-10-15-44(35-42)48-29-33-66-58(39-48)54-21-4-8-25-64(54)70-66/h1-40H. The molecule has 0 saturated heterocycles. The van der Waals surface area contributed by atoms with Crippen molar-refractivity contribution in [3.63, 3.8) is 0 Å². The lowest BCUT2D eigenvalue weighted by atomic mass is 9.97. The van der Waals surface area contributed by atoms with Crippen LogP contribution in [-0.4, -0.2) is 9.13 Å². The first-order valence-corrected chi connectivity index (χ1v) is 23.9. The molecule has 0 aliphatic rings. The minimum atomic E-state index is 0.908. The molecule has 0 aliphatic heterocycles. The summed E-state index contributed by atoms with van der Waals surface area (Å²) in [6.07, 6.45) is 0. The third-order valence-corrected chi connectivity index (χ3v) is 14.5. The van der Waals surface area contributed by atoms with E-state index in [1.807, 2.05) is 24.3 Å². The van der Waals surface area contributed by atoms with Gasteiger partial charge in [-0.25, -0.2) is 0 Å². The van der Waals surface area contributed by atoms with Crippen molar-refractivity contribution >= 4 is 87.5 Å². The Morgan fingerprint density at radius 3 is 0.986 bits per heavy atom. The second kappa shape index (κ2) is 15.1. The van der Waals surface area contributed by atoms with E-state index in [2.05, 4.69) is 228 Å². The lowest BCUT2D eigenvalue weighted by Crippen LogP contribution is -1.98. The number of rotatable bonds is 6. The highest BCUT2D eigenvalue weighted by Crippen LogP contribution is 2.41. The van der Waals surface area contributed by atoms with Crippen molar-refractivity contribution in [1.29, 1.82) is 0 Å². The van der Waals surface area contributed by atoms with Crippen molar-refractivity contribution in [2.75, 3.05) is 0 Å². The average molecular weight is 893 g/mol. The first-order chi connectivity index (χ1) is 34.7. The van der Waals surface area contributed by atoms with Crippen molar-refractivity contribution < 1.29 is 8.83 Å². The largest absolute Gasteiger partial charge is 0.456 e. The molecule has 0 atom stereocenters. The number of furan rings is 2. The molecule has 0 saturated carbocycles. The number of fused-ring (bicyclic) bond motifs is 12. The number of para-hydroxylation sites is 4. The molecule has 4 aromatic heterocycles. The molecule has 4 heteroatoms. The van der Waals surface area contributed by atoms with Gasteiger partial charge in [-0.2, -0.15) is 0 Å². The fourth-order valence-electron chi connectivity index (χ4n) is 11.2. The number of nitrogens with zero attached hydrogens (tertiary/aromatic N) is 2. The van der Waals surface area contributed by atoms with Gasteiger partial charge in [-0.1, -0.05) is 140 Å². The molecule has 0 radical (unpaired) electrons. The van der Waals surface area contributed by atoms with Crippen LogP contribution in [0.5, 0.6) is 0 Å². The summed E-state index contributed by atoms with van der Waals surface area (Å²) >= 11 is 0. The summed E-state index contributed by atoms with van der Waals surface area (Å²) < 4.78 is 17.1. The Balaban J connectivity index is 0.806. The van der Waals surface area contributed by atoms with Crippen LogP contribution in [0.15, 0.2) is 251 Å². The SMILES string of the molecule is c1cc(-c2ccc3oc4ccccc4c3c2)cc(-c2ccc3c(c2)c2ccccc2n3-c2cccc(-n3c4ccccc4c4cc(-c5cccc(-c6ccc7oc8ccccc8c7c6)c5)ccc43)c2)c1. The van der Waals surface area contributed by atoms with Crippen molar-refractivity contribution in [2.45, 2.75) is 0 Å². The summed E-state index contributed by atoms with van der Waals surface area (Å²) in [5, 5.41) is 9.44. The van der Waals surface area contributed by atoms with Crippen LogP contribution < -0.4 is 0 Å². The van der Waals surface area contributed by atoms with Gasteiger partial charge in [0.05, 0.1) is 22.1 Å². The van der Waals surface area contributed by atoms with Crippen LogP contribution in [0.4, 0.5) is 0 Å². The van der Waals surface area contributed by atoms with Crippen LogP contribution in [0.1, 0.15) is 0 Å². The van der Waals surface area contributed by atoms with Gasteiger partial charge in [0, 0.05) is 54.5 Å². The van der Waals surface area contributed by atoms with Gasteiger partial charge in [0.25, 0.3) is 0 Å². The molecule has 0 unspecified atom stereocenters. The fraction of sp³-hybridized carbons (Fsp3) is 0. The summed E-state index contributed by atoms with van der Waals surface area (Å²) in [5.41, 5.74) is 20.0. The van der Waals surface area contributed by atoms with Gasteiger partial charge in [-0.3, -0.25) is 0 Å². The number of hydrogen-bond acceptors (Lipinski definition) is 2. The summed E-state index contributed by atoms with van der Waals surface area (Å²) in [5.74, 6) is 0. The predicted molar refractivity (Wildman–Crippen MR) is 291 cm³/mol. The van der Waals surface area contributed by atoms with Crippen molar-refractivity contribution in [3.8, 4) is 55.9 Å². The summed E-state index contributed by atoms with van der Waals surface area (Å²) in [6.45, 7) is 0. The molecule has 11 aromatic carbocycles. The molecule has 0 spiro atoms. The molecular formula is C66H40N2O2. The van der Waals surface area contributed by atoms with Gasteiger partial charge in [-0.15, -0.1) is 0 Å². The zero-order chi connectivity index (χ0) is 45.9. The normalized spacial score (nSPS) is 12.0. The predicted octanol–water partition coefficient (Wildman–Crippen LogP) is 18.3. The lowest BCUT2D eigenvalue weighted by molar-refractivity contribution is 0.668. The van der Waals surface area contributed by atoms with Gasteiger partial charge in [0.1, 0.15) is 22.3 Å². The Morgan fingerprint density at radius 2 is 0.529 bits per heavy atom. The Hall–Kier alpha value is -9.38. The molecule has 15 aromatic rings. The first-order valence-electron chi connectivity index (χ1n) is 23.9. The van der Waals surface area contributed by atoms with Gasteiger partial charge in [0.15, 0.2) is 0 Å². The Morgan fingerprint density at radius 1 is 0.200 bits per heavy atom. The molecule has 0 fully saturated rings. The van der Waals surface area contributed by atoms with Crippen molar-refractivity contribution in [3.05, 3.63) is 243 Å². The van der Waals surface area contributed by atoms with Gasteiger partial charge >= 0.3 is 0 Å². The Kier molecular flexibility index (Phi) is 8.33. The molecule has 70 heavy (non-hydrogen) atoms. The minimum Gasteiger partial charge on any atom is -0.456 e. The van der Waals surface area contributed by atoms with E-state index in [9.17, 15) is 0 Å². The van der Waals surface area contributed by atoms with Gasteiger partial charge in [-0.05, 0) is 148 Å². The minimum absolute atomic E-state index is 0.908. The quantitative estimate of drug-likeness (QED) is 0.167. The number of benzene rings is 11. The molecule has 4 nitrogen and oxygen atoms in total. The lowest BCUT2D eigenvalue weighted by Gasteiger charge is -2.13. The monoisotopic (exact) mass is 892 g/mol. The molecule has 4 heterocycles. The number of aromatic nitrogens is 2. The van der Waals surface area contributed by atoms with Crippen molar-refractivity contribution in [2.24, 2.45) is 0 Å². The smallest absolute Gasteiger partial charge is 0.135 e. The van der Waals surface area contributed by atoms with E-state index in [0.29, 0.717) is 0 Å². The zero-order valence-electron chi connectivity index (χ0n) is 37.8. The molecule has 0 bridgehead atoms.